The molecule has 0 fully saturated rings. The number of alkyl halides is 3. The highest BCUT2D eigenvalue weighted by Crippen LogP contribution is 2.40. The monoisotopic (exact) mass is 444 g/mol. The van der Waals surface area contributed by atoms with Crippen molar-refractivity contribution in [2.75, 3.05) is 20.5 Å². The van der Waals surface area contributed by atoms with E-state index in [1.165, 1.54) is 32.4 Å². The van der Waals surface area contributed by atoms with Gasteiger partial charge in [-0.15, -0.1) is 0 Å². The first-order valence-electron chi connectivity index (χ1n) is 8.24. The summed E-state index contributed by atoms with van der Waals surface area (Å²) in [6, 6.07) is 7.05. The molecule has 3 rings (SSSR count). The average Bonchev–Trinajstić information content (AvgIpc) is 2.65. The lowest BCUT2D eigenvalue weighted by atomic mass is 10.0. The van der Waals surface area contributed by atoms with E-state index in [1.54, 1.807) is 0 Å². The van der Waals surface area contributed by atoms with Crippen LogP contribution < -0.4 is 19.1 Å². The first kappa shape index (κ1) is 21.5. The molecule has 0 saturated carbocycles. The van der Waals surface area contributed by atoms with E-state index in [4.69, 9.17) is 13.9 Å². The fourth-order valence-corrected chi connectivity index (χ4v) is 3.31. The van der Waals surface area contributed by atoms with Crippen molar-refractivity contribution >= 4 is 21.1 Å². The molecular weight excluding hydrogens is 429 g/mol. The molecule has 0 unspecified atom stereocenters. The Kier molecular flexibility index (Phi) is 5.42. The van der Waals surface area contributed by atoms with Crippen LogP contribution in [-0.4, -0.2) is 28.9 Å². The molecule has 1 aromatic heterocycles. The quantitative estimate of drug-likeness (QED) is 0.552. The van der Waals surface area contributed by atoms with Crippen molar-refractivity contribution in [2.24, 2.45) is 0 Å². The Morgan fingerprint density at radius 3 is 2.20 bits per heavy atom. The SMILES string of the molecule is COc1ccc(-c2c(C(F)(F)F)oc3cc(OS(C)(=O)=O)ccc3c2=O)cc1OC. The minimum atomic E-state index is -5.01. The van der Waals surface area contributed by atoms with Crippen molar-refractivity contribution < 1.29 is 39.7 Å². The van der Waals surface area contributed by atoms with Gasteiger partial charge in [0.1, 0.15) is 11.3 Å². The van der Waals surface area contributed by atoms with E-state index in [0.717, 1.165) is 24.5 Å². The highest BCUT2D eigenvalue weighted by atomic mass is 32.2. The fraction of sp³-hybridized carbons (Fsp3) is 0.211. The van der Waals surface area contributed by atoms with Crippen LogP contribution >= 0.6 is 0 Å². The van der Waals surface area contributed by atoms with Crippen LogP contribution in [-0.2, 0) is 16.3 Å². The molecule has 30 heavy (non-hydrogen) atoms. The number of halogens is 3. The minimum absolute atomic E-state index is 0.0907. The van der Waals surface area contributed by atoms with E-state index in [9.17, 15) is 26.4 Å². The summed E-state index contributed by atoms with van der Waals surface area (Å²) < 4.78 is 83.5. The van der Waals surface area contributed by atoms with Crippen LogP contribution in [0.5, 0.6) is 17.2 Å². The van der Waals surface area contributed by atoms with E-state index >= 15 is 0 Å². The predicted octanol–water partition coefficient (Wildman–Crippen LogP) is 3.83. The van der Waals surface area contributed by atoms with Gasteiger partial charge >= 0.3 is 16.3 Å². The lowest BCUT2D eigenvalue weighted by molar-refractivity contribution is -0.152. The van der Waals surface area contributed by atoms with E-state index in [1.807, 2.05) is 0 Å². The van der Waals surface area contributed by atoms with Crippen molar-refractivity contribution in [1.82, 2.24) is 0 Å². The van der Waals surface area contributed by atoms with Gasteiger partial charge in [0.05, 0.1) is 31.4 Å². The summed E-state index contributed by atoms with van der Waals surface area (Å²) in [6.07, 6.45) is -4.24. The Bertz CT molecular complexity index is 1280. The molecule has 0 aliphatic carbocycles. The van der Waals surface area contributed by atoms with Crippen LogP contribution in [0.3, 0.4) is 0 Å². The van der Waals surface area contributed by atoms with Crippen LogP contribution in [0.2, 0.25) is 0 Å². The second kappa shape index (κ2) is 7.56. The second-order valence-corrected chi connectivity index (χ2v) is 7.72. The Morgan fingerprint density at radius 2 is 1.63 bits per heavy atom. The van der Waals surface area contributed by atoms with Crippen LogP contribution in [0.25, 0.3) is 22.1 Å². The highest BCUT2D eigenvalue weighted by molar-refractivity contribution is 7.86. The topological polar surface area (TPSA) is 92.0 Å². The number of hydrogen-bond acceptors (Lipinski definition) is 7. The molecule has 160 valence electrons. The summed E-state index contributed by atoms with van der Waals surface area (Å²) in [4.78, 5) is 13.0. The van der Waals surface area contributed by atoms with Crippen molar-refractivity contribution in [1.29, 1.82) is 0 Å². The molecular formula is C19H15F3O7S. The highest BCUT2D eigenvalue weighted by Gasteiger charge is 2.39. The molecule has 0 spiro atoms. The third-order valence-corrected chi connectivity index (χ3v) is 4.54. The third kappa shape index (κ3) is 4.20. The summed E-state index contributed by atoms with van der Waals surface area (Å²) in [7, 11) is -1.26. The molecule has 0 aliphatic heterocycles. The molecule has 0 saturated heterocycles. The largest absolute Gasteiger partial charge is 0.493 e. The molecule has 11 heteroatoms. The fourth-order valence-electron chi connectivity index (χ4n) is 2.85. The van der Waals surface area contributed by atoms with E-state index < -0.39 is 38.6 Å². The molecule has 0 N–H and O–H groups in total. The van der Waals surface area contributed by atoms with Gasteiger partial charge in [-0.25, -0.2) is 0 Å². The van der Waals surface area contributed by atoms with Crippen LogP contribution in [0.1, 0.15) is 5.76 Å². The van der Waals surface area contributed by atoms with Crippen molar-refractivity contribution in [2.45, 2.75) is 6.18 Å². The van der Waals surface area contributed by atoms with Crippen LogP contribution in [0.15, 0.2) is 45.6 Å². The molecule has 0 radical (unpaired) electrons. The molecule has 0 aliphatic rings. The van der Waals surface area contributed by atoms with Gasteiger partial charge in [0, 0.05) is 6.07 Å². The average molecular weight is 444 g/mol. The zero-order valence-corrected chi connectivity index (χ0v) is 16.7. The number of rotatable bonds is 5. The maximum absolute atomic E-state index is 13.7. The maximum atomic E-state index is 13.7. The van der Waals surface area contributed by atoms with Gasteiger partial charge in [0.25, 0.3) is 0 Å². The smallest absolute Gasteiger partial charge is 0.450 e. The Balaban J connectivity index is 2.32. The van der Waals surface area contributed by atoms with Gasteiger partial charge in [-0.05, 0) is 29.8 Å². The zero-order chi connectivity index (χ0) is 22.3. The predicted molar refractivity (Wildman–Crippen MR) is 101 cm³/mol. The van der Waals surface area contributed by atoms with E-state index in [2.05, 4.69) is 4.18 Å². The molecule has 1 heterocycles. The first-order chi connectivity index (χ1) is 13.9. The summed E-state index contributed by atoms with van der Waals surface area (Å²) >= 11 is 0. The lowest BCUT2D eigenvalue weighted by Gasteiger charge is -2.14. The Hall–Kier alpha value is -3.21. The van der Waals surface area contributed by atoms with Crippen LogP contribution in [0.4, 0.5) is 13.2 Å². The molecule has 7 nitrogen and oxygen atoms in total. The van der Waals surface area contributed by atoms with Crippen molar-refractivity contribution in [3.63, 3.8) is 0 Å². The number of ether oxygens (including phenoxy) is 2. The first-order valence-corrected chi connectivity index (χ1v) is 10.1. The molecule has 0 atom stereocenters. The van der Waals surface area contributed by atoms with Crippen molar-refractivity contribution in [3.05, 3.63) is 52.4 Å². The summed E-state index contributed by atoms with van der Waals surface area (Å²) in [5, 5.41) is -0.186. The third-order valence-electron chi connectivity index (χ3n) is 4.04. The number of hydrogen-bond donors (Lipinski definition) is 0. The van der Waals surface area contributed by atoms with Crippen molar-refractivity contribution in [3.8, 4) is 28.4 Å². The Labute approximate surface area is 168 Å². The lowest BCUT2D eigenvalue weighted by Crippen LogP contribution is -2.16. The van der Waals surface area contributed by atoms with Gasteiger partial charge in [0.15, 0.2) is 11.5 Å². The normalized spacial score (nSPS) is 12.1. The van der Waals surface area contributed by atoms with Gasteiger partial charge in [-0.2, -0.15) is 21.6 Å². The zero-order valence-electron chi connectivity index (χ0n) is 15.9. The van der Waals surface area contributed by atoms with Gasteiger partial charge in [-0.3, -0.25) is 4.79 Å². The Morgan fingerprint density at radius 1 is 0.967 bits per heavy atom. The molecule has 3 aromatic rings. The van der Waals surface area contributed by atoms with Gasteiger partial charge in [0.2, 0.25) is 11.2 Å². The number of benzene rings is 2. The summed E-state index contributed by atoms with van der Waals surface area (Å²) in [6.45, 7) is 0. The minimum Gasteiger partial charge on any atom is -0.493 e. The molecule has 0 bridgehead atoms. The number of fused-ring (bicyclic) bond motifs is 1. The van der Waals surface area contributed by atoms with E-state index in [0.29, 0.717) is 0 Å². The number of methoxy groups -OCH3 is 2. The van der Waals surface area contributed by atoms with Crippen LogP contribution in [0, 0.1) is 0 Å². The van der Waals surface area contributed by atoms with Gasteiger partial charge in [-0.1, -0.05) is 6.07 Å². The summed E-state index contributed by atoms with van der Waals surface area (Å²) in [5.41, 5.74) is -2.24. The second-order valence-electron chi connectivity index (χ2n) is 6.15. The molecule has 2 aromatic carbocycles. The standard InChI is InChI=1S/C19H15F3O7S/c1-26-13-7-4-10(8-15(13)27-2)16-17(23)12-6-5-11(29-30(3,24)25)9-14(12)28-18(16)19(20,21)22/h4-9H,1-3H3. The molecule has 0 amide bonds. The van der Waals surface area contributed by atoms with Gasteiger partial charge < -0.3 is 18.1 Å². The summed E-state index contributed by atoms with van der Waals surface area (Å²) in [5.74, 6) is -1.44. The maximum Gasteiger partial charge on any atom is 0.450 e. The van der Waals surface area contributed by atoms with E-state index in [-0.39, 0.29) is 28.2 Å².